The Morgan fingerprint density at radius 2 is 1.89 bits per heavy atom. The lowest BCUT2D eigenvalue weighted by Crippen LogP contribution is -2.53. The van der Waals surface area contributed by atoms with Crippen LogP contribution in [0, 0.1) is 11.8 Å². The number of unbranched alkanes of at least 4 members (excludes halogenated alkanes) is 3. The van der Waals surface area contributed by atoms with Crippen molar-refractivity contribution in [2.45, 2.75) is 78.3 Å². The Hall–Kier alpha value is -0.0800. The number of hydrogen-bond acceptors (Lipinski definition) is 2. The van der Waals surface area contributed by atoms with Gasteiger partial charge < -0.3 is 5.73 Å². The summed E-state index contributed by atoms with van der Waals surface area (Å²) >= 11 is 0. The third-order valence-corrected chi connectivity index (χ3v) is 4.78. The molecular weight excluding hydrogens is 220 g/mol. The van der Waals surface area contributed by atoms with Crippen molar-refractivity contribution in [2.24, 2.45) is 17.6 Å². The van der Waals surface area contributed by atoms with Crippen molar-refractivity contribution in [1.82, 2.24) is 4.90 Å². The quantitative estimate of drug-likeness (QED) is 0.703. The topological polar surface area (TPSA) is 29.3 Å². The van der Waals surface area contributed by atoms with E-state index in [9.17, 15) is 0 Å². The highest BCUT2D eigenvalue weighted by molar-refractivity contribution is 4.86. The molecule has 0 saturated carbocycles. The third-order valence-electron chi connectivity index (χ3n) is 4.78. The Kier molecular flexibility index (Phi) is 7.25. The van der Waals surface area contributed by atoms with Crippen LogP contribution >= 0.6 is 0 Å². The molecule has 2 heteroatoms. The van der Waals surface area contributed by atoms with E-state index in [2.05, 4.69) is 32.6 Å². The van der Waals surface area contributed by atoms with Gasteiger partial charge in [-0.05, 0) is 31.6 Å². The van der Waals surface area contributed by atoms with E-state index in [1.807, 2.05) is 0 Å². The van der Waals surface area contributed by atoms with Crippen molar-refractivity contribution in [2.75, 3.05) is 13.1 Å². The fourth-order valence-electron chi connectivity index (χ4n) is 3.47. The van der Waals surface area contributed by atoms with E-state index in [-0.39, 0.29) is 0 Å². The Labute approximate surface area is 114 Å². The Morgan fingerprint density at radius 1 is 1.17 bits per heavy atom. The molecule has 0 spiro atoms. The van der Waals surface area contributed by atoms with Gasteiger partial charge in [0.25, 0.3) is 0 Å². The number of hydrogen-bond donors (Lipinski definition) is 1. The molecular formula is C16H34N2. The molecule has 0 radical (unpaired) electrons. The maximum atomic E-state index is 6.03. The highest BCUT2D eigenvalue weighted by atomic mass is 15.2. The first-order chi connectivity index (χ1) is 8.60. The van der Waals surface area contributed by atoms with E-state index in [0.717, 1.165) is 18.4 Å². The largest absolute Gasteiger partial charge is 0.329 e. The van der Waals surface area contributed by atoms with Crippen LogP contribution < -0.4 is 5.73 Å². The second-order valence-electron chi connectivity index (χ2n) is 6.49. The summed E-state index contributed by atoms with van der Waals surface area (Å²) in [6, 6.07) is 1.32. The molecule has 0 aromatic rings. The average Bonchev–Trinajstić information content (AvgIpc) is 2.34. The van der Waals surface area contributed by atoms with Crippen molar-refractivity contribution >= 4 is 0 Å². The van der Waals surface area contributed by atoms with Gasteiger partial charge in [-0.2, -0.15) is 0 Å². The molecule has 0 aromatic heterocycles. The molecule has 4 atom stereocenters. The van der Waals surface area contributed by atoms with Gasteiger partial charge in [-0.15, -0.1) is 0 Å². The number of likely N-dealkylation sites (tertiary alicyclic amines) is 1. The molecule has 0 aromatic carbocycles. The van der Waals surface area contributed by atoms with Gasteiger partial charge in [-0.1, -0.05) is 46.5 Å². The highest BCUT2D eigenvalue weighted by Gasteiger charge is 2.32. The van der Waals surface area contributed by atoms with Crippen molar-refractivity contribution in [3.8, 4) is 0 Å². The first kappa shape index (κ1) is 16.0. The predicted octanol–water partition coefficient (Wildman–Crippen LogP) is 3.65. The molecule has 2 nitrogen and oxygen atoms in total. The van der Waals surface area contributed by atoms with Crippen LogP contribution in [0.4, 0.5) is 0 Å². The Morgan fingerprint density at radius 3 is 2.50 bits per heavy atom. The molecule has 1 aliphatic heterocycles. The lowest BCUT2D eigenvalue weighted by atomic mass is 9.84. The van der Waals surface area contributed by atoms with Crippen molar-refractivity contribution < 1.29 is 0 Å². The normalized spacial score (nSPS) is 31.5. The molecule has 1 fully saturated rings. The van der Waals surface area contributed by atoms with Gasteiger partial charge in [0.2, 0.25) is 0 Å². The van der Waals surface area contributed by atoms with Crippen LogP contribution in [0.1, 0.15) is 66.2 Å². The van der Waals surface area contributed by atoms with E-state index in [4.69, 9.17) is 5.73 Å². The molecule has 0 aliphatic carbocycles. The molecule has 4 unspecified atom stereocenters. The fourth-order valence-corrected chi connectivity index (χ4v) is 3.47. The predicted molar refractivity (Wildman–Crippen MR) is 80.7 cm³/mol. The van der Waals surface area contributed by atoms with Crippen LogP contribution in [0.5, 0.6) is 0 Å². The number of piperidine rings is 1. The van der Waals surface area contributed by atoms with E-state index in [1.165, 1.54) is 45.1 Å². The van der Waals surface area contributed by atoms with Gasteiger partial charge in [0.05, 0.1) is 0 Å². The zero-order chi connectivity index (χ0) is 13.5. The van der Waals surface area contributed by atoms with E-state index in [1.54, 1.807) is 0 Å². The minimum absolute atomic E-state index is 0.613. The summed E-state index contributed by atoms with van der Waals surface area (Å²) in [5.41, 5.74) is 6.03. The molecule has 1 aliphatic rings. The van der Waals surface area contributed by atoms with Crippen LogP contribution in [0.15, 0.2) is 0 Å². The van der Waals surface area contributed by atoms with E-state index < -0.39 is 0 Å². The standard InChI is InChI=1S/C16H34N2/c1-5-6-7-8-9-16(11-17)18-12-13(2)10-14(3)15(18)4/h13-16H,5-12,17H2,1-4H3. The molecule has 108 valence electrons. The minimum atomic E-state index is 0.613. The summed E-state index contributed by atoms with van der Waals surface area (Å²) in [5.74, 6) is 1.65. The molecule has 1 heterocycles. The van der Waals surface area contributed by atoms with Gasteiger partial charge in [0.15, 0.2) is 0 Å². The van der Waals surface area contributed by atoms with Gasteiger partial charge in [0, 0.05) is 25.2 Å². The second kappa shape index (κ2) is 8.16. The van der Waals surface area contributed by atoms with Crippen LogP contribution in [-0.2, 0) is 0 Å². The lowest BCUT2D eigenvalue weighted by Gasteiger charge is -2.45. The minimum Gasteiger partial charge on any atom is -0.329 e. The first-order valence-corrected chi connectivity index (χ1v) is 8.05. The van der Waals surface area contributed by atoms with Crippen LogP contribution in [0.2, 0.25) is 0 Å². The first-order valence-electron chi connectivity index (χ1n) is 8.05. The van der Waals surface area contributed by atoms with E-state index >= 15 is 0 Å². The van der Waals surface area contributed by atoms with Crippen molar-refractivity contribution in [1.29, 1.82) is 0 Å². The second-order valence-corrected chi connectivity index (χ2v) is 6.49. The molecule has 18 heavy (non-hydrogen) atoms. The van der Waals surface area contributed by atoms with Gasteiger partial charge in [0.1, 0.15) is 0 Å². The molecule has 0 amide bonds. The van der Waals surface area contributed by atoms with E-state index in [0.29, 0.717) is 12.1 Å². The maximum Gasteiger partial charge on any atom is 0.0221 e. The van der Waals surface area contributed by atoms with Gasteiger partial charge in [-0.3, -0.25) is 4.90 Å². The number of rotatable bonds is 7. The zero-order valence-electron chi connectivity index (χ0n) is 13.0. The number of nitrogens with two attached hydrogens (primary N) is 1. The SMILES string of the molecule is CCCCCCC(CN)N1CC(C)CC(C)C1C. The third kappa shape index (κ3) is 4.55. The summed E-state index contributed by atoms with van der Waals surface area (Å²) in [6.45, 7) is 11.5. The Bertz CT molecular complexity index is 217. The Balaban J connectivity index is 2.46. The molecule has 0 bridgehead atoms. The molecule has 1 rings (SSSR count). The maximum absolute atomic E-state index is 6.03. The van der Waals surface area contributed by atoms with Crippen LogP contribution in [-0.4, -0.2) is 30.1 Å². The summed E-state index contributed by atoms with van der Waals surface area (Å²) in [4.78, 5) is 2.70. The summed E-state index contributed by atoms with van der Waals surface area (Å²) in [6.07, 6.45) is 8.09. The van der Waals surface area contributed by atoms with Crippen molar-refractivity contribution in [3.63, 3.8) is 0 Å². The van der Waals surface area contributed by atoms with Crippen LogP contribution in [0.25, 0.3) is 0 Å². The zero-order valence-corrected chi connectivity index (χ0v) is 13.0. The fraction of sp³-hybridized carbons (Fsp3) is 1.00. The van der Waals surface area contributed by atoms with Gasteiger partial charge in [-0.25, -0.2) is 0 Å². The smallest absolute Gasteiger partial charge is 0.0221 e. The van der Waals surface area contributed by atoms with Gasteiger partial charge >= 0.3 is 0 Å². The van der Waals surface area contributed by atoms with Crippen LogP contribution in [0.3, 0.4) is 0 Å². The average molecular weight is 254 g/mol. The molecule has 1 saturated heterocycles. The lowest BCUT2D eigenvalue weighted by molar-refractivity contribution is 0.0389. The summed E-state index contributed by atoms with van der Waals surface area (Å²) < 4.78 is 0. The summed E-state index contributed by atoms with van der Waals surface area (Å²) in [5, 5.41) is 0. The number of nitrogens with zero attached hydrogens (tertiary/aromatic N) is 1. The monoisotopic (exact) mass is 254 g/mol. The highest BCUT2D eigenvalue weighted by Crippen LogP contribution is 2.29. The summed E-state index contributed by atoms with van der Waals surface area (Å²) in [7, 11) is 0. The molecule has 2 N–H and O–H groups in total. The van der Waals surface area contributed by atoms with Crippen molar-refractivity contribution in [3.05, 3.63) is 0 Å².